The van der Waals surface area contributed by atoms with E-state index in [1.165, 1.54) is 0 Å². The van der Waals surface area contributed by atoms with E-state index in [4.69, 9.17) is 23.2 Å². The maximum Gasteiger partial charge on any atom is 0.199 e. The number of anilines is 1. The van der Waals surface area contributed by atoms with Gasteiger partial charge < -0.3 is 10.7 Å². The molecule has 0 amide bonds. The summed E-state index contributed by atoms with van der Waals surface area (Å²) in [4.78, 5) is 6.73. The molecule has 2 rings (SSSR count). The lowest BCUT2D eigenvalue weighted by Crippen LogP contribution is -2.00. The number of nitrogens with two attached hydrogens (primary N) is 1. The van der Waals surface area contributed by atoms with Crippen molar-refractivity contribution in [2.75, 3.05) is 5.73 Å². The van der Waals surface area contributed by atoms with Crippen LogP contribution >= 0.6 is 12.2 Å². The Labute approximate surface area is 97.4 Å². The number of nitrogens with zero attached hydrogens (tertiary/aromatic N) is 2. The van der Waals surface area contributed by atoms with Crippen molar-refractivity contribution >= 4 is 18.0 Å². The van der Waals surface area contributed by atoms with E-state index < -0.39 is 0 Å². The van der Waals surface area contributed by atoms with Gasteiger partial charge in [-0.25, -0.2) is 4.98 Å². The third-order valence-electron chi connectivity index (χ3n) is 2.13. The van der Waals surface area contributed by atoms with E-state index in [0.29, 0.717) is 11.3 Å². The van der Waals surface area contributed by atoms with Gasteiger partial charge in [0.1, 0.15) is 17.5 Å². The average molecular weight is 228 g/mol. The molecule has 0 radical (unpaired) electrons. The summed E-state index contributed by atoms with van der Waals surface area (Å²) in [6, 6.07) is 11.4. The lowest BCUT2D eigenvalue weighted by molar-refractivity contribution is 1.13. The van der Waals surface area contributed by atoms with Crippen molar-refractivity contribution in [1.29, 1.82) is 5.26 Å². The molecular formula is C11H8N4S. The average Bonchev–Trinajstić information content (AvgIpc) is 2.29. The zero-order valence-electron chi connectivity index (χ0n) is 8.27. The van der Waals surface area contributed by atoms with Gasteiger partial charge in [0.25, 0.3) is 0 Å². The molecule has 1 aromatic heterocycles. The highest BCUT2D eigenvalue weighted by atomic mass is 32.1. The van der Waals surface area contributed by atoms with Crippen molar-refractivity contribution in [3.8, 4) is 17.3 Å². The summed E-state index contributed by atoms with van der Waals surface area (Å²) in [7, 11) is 0. The van der Waals surface area contributed by atoms with Crippen molar-refractivity contribution in [2.24, 2.45) is 0 Å². The van der Waals surface area contributed by atoms with Crippen molar-refractivity contribution < 1.29 is 0 Å². The highest BCUT2D eigenvalue weighted by Crippen LogP contribution is 2.23. The maximum absolute atomic E-state index is 9.03. The van der Waals surface area contributed by atoms with Gasteiger partial charge in [0.15, 0.2) is 4.77 Å². The second-order valence-electron chi connectivity index (χ2n) is 3.16. The van der Waals surface area contributed by atoms with Gasteiger partial charge in [-0.2, -0.15) is 5.26 Å². The summed E-state index contributed by atoms with van der Waals surface area (Å²) in [5, 5.41) is 9.03. The van der Waals surface area contributed by atoms with Crippen molar-refractivity contribution in [3.63, 3.8) is 0 Å². The topological polar surface area (TPSA) is 78.5 Å². The quantitative estimate of drug-likeness (QED) is 0.734. The van der Waals surface area contributed by atoms with Gasteiger partial charge in [-0.15, -0.1) is 0 Å². The third kappa shape index (κ3) is 1.78. The molecule has 0 aliphatic heterocycles. The highest BCUT2D eigenvalue weighted by Gasteiger charge is 2.09. The van der Waals surface area contributed by atoms with Gasteiger partial charge in [0, 0.05) is 0 Å². The first kappa shape index (κ1) is 10.3. The van der Waals surface area contributed by atoms with Gasteiger partial charge in [0.2, 0.25) is 0 Å². The number of nitrogens with one attached hydrogen (secondary N) is 1. The predicted octanol–water partition coefficient (Wildman–Crippen LogP) is 2.26. The van der Waals surface area contributed by atoms with Crippen LogP contribution in [-0.2, 0) is 0 Å². The maximum atomic E-state index is 9.03. The lowest BCUT2D eigenvalue weighted by Gasteiger charge is -2.05. The molecule has 4 nitrogen and oxygen atoms in total. The van der Waals surface area contributed by atoms with Crippen LogP contribution in [-0.4, -0.2) is 9.97 Å². The molecule has 0 fully saturated rings. The van der Waals surface area contributed by atoms with E-state index in [1.807, 2.05) is 36.4 Å². The van der Waals surface area contributed by atoms with E-state index in [9.17, 15) is 0 Å². The minimum atomic E-state index is 0.158. The SMILES string of the molecule is N#Cc1c(N)nc(=S)[nH]c1-c1ccccc1. The van der Waals surface area contributed by atoms with Crippen molar-refractivity contribution in [3.05, 3.63) is 40.7 Å². The molecule has 1 heterocycles. The zero-order valence-corrected chi connectivity index (χ0v) is 9.08. The molecule has 1 aromatic carbocycles. The minimum absolute atomic E-state index is 0.158. The Morgan fingerprint density at radius 3 is 2.62 bits per heavy atom. The molecule has 0 saturated heterocycles. The van der Waals surface area contributed by atoms with Crippen LogP contribution in [0.15, 0.2) is 30.3 Å². The number of rotatable bonds is 1. The molecule has 0 bridgehead atoms. The molecule has 78 valence electrons. The molecular weight excluding hydrogens is 220 g/mol. The molecule has 16 heavy (non-hydrogen) atoms. The Bertz CT molecular complexity index is 610. The van der Waals surface area contributed by atoms with Gasteiger partial charge in [-0.05, 0) is 17.8 Å². The Morgan fingerprint density at radius 1 is 1.31 bits per heavy atom. The predicted molar refractivity (Wildman–Crippen MR) is 64.0 cm³/mol. The van der Waals surface area contributed by atoms with Gasteiger partial charge in [0.05, 0.1) is 5.69 Å². The van der Waals surface area contributed by atoms with Gasteiger partial charge in [-0.3, -0.25) is 0 Å². The molecule has 0 unspecified atom stereocenters. The van der Waals surface area contributed by atoms with Crippen LogP contribution in [0.3, 0.4) is 0 Å². The minimum Gasteiger partial charge on any atom is -0.382 e. The number of aromatic nitrogens is 2. The van der Waals surface area contributed by atoms with Gasteiger partial charge in [-0.1, -0.05) is 30.3 Å². The first-order valence-electron chi connectivity index (χ1n) is 4.57. The fourth-order valence-corrected chi connectivity index (χ4v) is 1.63. The number of hydrogen-bond acceptors (Lipinski definition) is 4. The normalized spacial score (nSPS) is 9.69. The zero-order chi connectivity index (χ0) is 11.5. The fraction of sp³-hybridized carbons (Fsp3) is 0. The summed E-state index contributed by atoms with van der Waals surface area (Å²) in [5.74, 6) is 0.158. The molecule has 0 spiro atoms. The number of aromatic amines is 1. The van der Waals surface area contributed by atoms with Crippen molar-refractivity contribution in [2.45, 2.75) is 0 Å². The summed E-state index contributed by atoms with van der Waals surface area (Å²) in [6.45, 7) is 0. The van der Waals surface area contributed by atoms with Crippen LogP contribution in [0, 0.1) is 16.1 Å². The number of nitriles is 1. The standard InChI is InChI=1S/C11H8N4S/c12-6-8-9(7-4-2-1-3-5-7)14-11(16)15-10(8)13/h1-5H,(H3,13,14,15,16). The molecule has 0 aliphatic rings. The fourth-order valence-electron chi connectivity index (χ4n) is 1.43. The Morgan fingerprint density at radius 2 is 2.00 bits per heavy atom. The van der Waals surface area contributed by atoms with Gasteiger partial charge >= 0.3 is 0 Å². The second kappa shape index (κ2) is 4.13. The molecule has 3 N–H and O–H groups in total. The van der Waals surface area contributed by atoms with Crippen LogP contribution in [0.5, 0.6) is 0 Å². The number of H-pyrrole nitrogens is 1. The monoisotopic (exact) mass is 228 g/mol. The van der Waals surface area contributed by atoms with Crippen LogP contribution < -0.4 is 5.73 Å². The van der Waals surface area contributed by atoms with Crippen LogP contribution in [0.1, 0.15) is 5.56 Å². The van der Waals surface area contributed by atoms with E-state index >= 15 is 0 Å². The summed E-state index contributed by atoms with van der Waals surface area (Å²) in [5.41, 5.74) is 7.44. The summed E-state index contributed by atoms with van der Waals surface area (Å²) >= 11 is 4.94. The van der Waals surface area contributed by atoms with E-state index in [0.717, 1.165) is 5.56 Å². The first-order valence-corrected chi connectivity index (χ1v) is 4.98. The lowest BCUT2D eigenvalue weighted by atomic mass is 10.1. The van der Waals surface area contributed by atoms with Crippen LogP contribution in [0.4, 0.5) is 5.82 Å². The third-order valence-corrected chi connectivity index (χ3v) is 2.33. The second-order valence-corrected chi connectivity index (χ2v) is 3.54. The number of nitrogen functional groups attached to an aromatic ring is 1. The van der Waals surface area contributed by atoms with E-state index in [1.54, 1.807) is 0 Å². The molecule has 5 heteroatoms. The molecule has 2 aromatic rings. The number of benzene rings is 1. The largest absolute Gasteiger partial charge is 0.382 e. The smallest absolute Gasteiger partial charge is 0.199 e. The number of hydrogen-bond donors (Lipinski definition) is 2. The Kier molecular flexibility index (Phi) is 2.66. The van der Waals surface area contributed by atoms with Crippen molar-refractivity contribution in [1.82, 2.24) is 9.97 Å². The Balaban J connectivity index is 2.75. The van der Waals surface area contributed by atoms with E-state index in [2.05, 4.69) is 9.97 Å². The first-order chi connectivity index (χ1) is 7.72. The highest BCUT2D eigenvalue weighted by molar-refractivity contribution is 7.71. The van der Waals surface area contributed by atoms with Crippen LogP contribution in [0.25, 0.3) is 11.3 Å². The molecule has 0 atom stereocenters. The van der Waals surface area contributed by atoms with E-state index in [-0.39, 0.29) is 10.6 Å². The molecule has 0 aliphatic carbocycles. The van der Waals surface area contributed by atoms with Crippen LogP contribution in [0.2, 0.25) is 0 Å². The summed E-state index contributed by atoms with van der Waals surface area (Å²) in [6.07, 6.45) is 0. The summed E-state index contributed by atoms with van der Waals surface area (Å²) < 4.78 is 0.273. The Hall–Kier alpha value is -2.19. The molecule has 0 saturated carbocycles.